The van der Waals surface area contributed by atoms with Crippen molar-refractivity contribution in [1.29, 1.82) is 0 Å². The summed E-state index contributed by atoms with van der Waals surface area (Å²) in [5.41, 5.74) is 5.65. The van der Waals surface area contributed by atoms with E-state index in [9.17, 15) is 4.79 Å². The number of hydrogen-bond acceptors (Lipinski definition) is 3. The van der Waals surface area contributed by atoms with E-state index >= 15 is 0 Å². The molecule has 0 aromatic carbocycles. The molecule has 18 heavy (non-hydrogen) atoms. The lowest BCUT2D eigenvalue weighted by atomic mass is 10.0. The Morgan fingerprint density at radius 1 is 1.44 bits per heavy atom. The van der Waals surface area contributed by atoms with Crippen LogP contribution in [0, 0.1) is 0 Å². The van der Waals surface area contributed by atoms with Crippen LogP contribution in [0.2, 0.25) is 0 Å². The highest BCUT2D eigenvalue weighted by Crippen LogP contribution is 2.11. The van der Waals surface area contributed by atoms with Gasteiger partial charge in [-0.05, 0) is 39.2 Å². The van der Waals surface area contributed by atoms with Gasteiger partial charge in [0.1, 0.15) is 0 Å². The van der Waals surface area contributed by atoms with Crippen LogP contribution in [-0.4, -0.2) is 42.5 Å². The van der Waals surface area contributed by atoms with Crippen molar-refractivity contribution in [3.05, 3.63) is 0 Å². The largest absolute Gasteiger partial charge is 0.353 e. The number of nitrogens with two attached hydrogens (primary N) is 1. The van der Waals surface area contributed by atoms with E-state index in [1.807, 2.05) is 6.92 Å². The first kappa shape index (κ1) is 15.4. The molecule has 1 rings (SSSR count). The second kappa shape index (κ2) is 8.48. The van der Waals surface area contributed by atoms with Crippen LogP contribution in [0.15, 0.2) is 0 Å². The number of amides is 1. The van der Waals surface area contributed by atoms with E-state index in [0.29, 0.717) is 12.5 Å². The molecule has 106 valence electrons. The standard InChI is InChI=1S/C14H29N3O/c1-3-4-9-17-10-7-13(8-11-17)16-14(18)6-5-12(2)15/h12-13H,3-11,15H2,1-2H3,(H,16,18). The van der Waals surface area contributed by atoms with Gasteiger partial charge in [0.05, 0.1) is 0 Å². The fourth-order valence-corrected chi connectivity index (χ4v) is 2.34. The average Bonchev–Trinajstić information content (AvgIpc) is 2.35. The Hall–Kier alpha value is -0.610. The van der Waals surface area contributed by atoms with Crippen LogP contribution in [0.4, 0.5) is 0 Å². The average molecular weight is 255 g/mol. The minimum Gasteiger partial charge on any atom is -0.353 e. The molecule has 1 heterocycles. The van der Waals surface area contributed by atoms with E-state index in [2.05, 4.69) is 17.1 Å². The van der Waals surface area contributed by atoms with E-state index in [1.54, 1.807) is 0 Å². The number of piperidine rings is 1. The highest BCUT2D eigenvalue weighted by molar-refractivity contribution is 5.76. The first-order chi connectivity index (χ1) is 8.61. The smallest absolute Gasteiger partial charge is 0.220 e. The van der Waals surface area contributed by atoms with Crippen molar-refractivity contribution in [3.63, 3.8) is 0 Å². The maximum absolute atomic E-state index is 11.7. The van der Waals surface area contributed by atoms with Crippen molar-refractivity contribution in [2.45, 2.75) is 64.5 Å². The monoisotopic (exact) mass is 255 g/mol. The Labute approximate surface area is 111 Å². The van der Waals surface area contributed by atoms with Crippen molar-refractivity contribution in [2.24, 2.45) is 5.73 Å². The van der Waals surface area contributed by atoms with Crippen LogP contribution >= 0.6 is 0 Å². The number of hydrogen-bond donors (Lipinski definition) is 2. The second-order valence-corrected chi connectivity index (χ2v) is 5.55. The van der Waals surface area contributed by atoms with E-state index in [0.717, 1.165) is 32.4 Å². The van der Waals surface area contributed by atoms with Crippen LogP contribution in [0.1, 0.15) is 52.4 Å². The summed E-state index contributed by atoms with van der Waals surface area (Å²) < 4.78 is 0. The van der Waals surface area contributed by atoms with Gasteiger partial charge < -0.3 is 16.0 Å². The molecule has 1 aliphatic heterocycles. The predicted octanol–water partition coefficient (Wildman–Crippen LogP) is 1.49. The molecular weight excluding hydrogens is 226 g/mol. The third kappa shape index (κ3) is 6.36. The van der Waals surface area contributed by atoms with Crippen molar-refractivity contribution in [3.8, 4) is 0 Å². The lowest BCUT2D eigenvalue weighted by Gasteiger charge is -2.32. The molecule has 0 bridgehead atoms. The topological polar surface area (TPSA) is 58.4 Å². The molecule has 3 N–H and O–H groups in total. The van der Waals surface area contributed by atoms with E-state index in [4.69, 9.17) is 5.73 Å². The number of likely N-dealkylation sites (tertiary alicyclic amines) is 1. The SMILES string of the molecule is CCCCN1CCC(NC(=O)CCC(C)N)CC1. The summed E-state index contributed by atoms with van der Waals surface area (Å²) in [4.78, 5) is 14.2. The normalized spacial score (nSPS) is 19.7. The first-order valence-electron chi connectivity index (χ1n) is 7.39. The van der Waals surface area contributed by atoms with E-state index in [1.165, 1.54) is 19.4 Å². The zero-order valence-corrected chi connectivity index (χ0v) is 12.0. The molecule has 1 fully saturated rings. The van der Waals surface area contributed by atoms with Crippen molar-refractivity contribution in [1.82, 2.24) is 10.2 Å². The number of nitrogens with one attached hydrogen (secondary N) is 1. The summed E-state index contributed by atoms with van der Waals surface area (Å²) >= 11 is 0. The summed E-state index contributed by atoms with van der Waals surface area (Å²) in [6.07, 6.45) is 6.06. The molecule has 4 nitrogen and oxygen atoms in total. The van der Waals surface area contributed by atoms with Crippen molar-refractivity contribution >= 4 is 5.91 Å². The maximum Gasteiger partial charge on any atom is 0.220 e. The Bertz CT molecular complexity index is 235. The Kier molecular flexibility index (Phi) is 7.28. The molecule has 0 spiro atoms. The van der Waals surface area contributed by atoms with Gasteiger partial charge in [-0.25, -0.2) is 0 Å². The van der Waals surface area contributed by atoms with Crippen LogP contribution in [0.3, 0.4) is 0 Å². The summed E-state index contributed by atoms with van der Waals surface area (Å²) in [6.45, 7) is 7.63. The van der Waals surface area contributed by atoms with Gasteiger partial charge in [-0.2, -0.15) is 0 Å². The maximum atomic E-state index is 11.7. The van der Waals surface area contributed by atoms with Gasteiger partial charge in [-0.15, -0.1) is 0 Å². The van der Waals surface area contributed by atoms with Crippen LogP contribution in [0.25, 0.3) is 0 Å². The van der Waals surface area contributed by atoms with Crippen molar-refractivity contribution in [2.75, 3.05) is 19.6 Å². The Morgan fingerprint density at radius 2 is 2.11 bits per heavy atom. The molecule has 0 saturated carbocycles. The van der Waals surface area contributed by atoms with Gasteiger partial charge in [0, 0.05) is 31.6 Å². The Morgan fingerprint density at radius 3 is 2.67 bits per heavy atom. The number of carbonyl (C=O) groups excluding carboxylic acids is 1. The third-order valence-corrected chi connectivity index (χ3v) is 3.61. The Balaban J connectivity index is 2.13. The molecule has 0 radical (unpaired) electrons. The van der Waals surface area contributed by atoms with E-state index in [-0.39, 0.29) is 11.9 Å². The molecule has 0 aromatic rings. The molecule has 0 aliphatic carbocycles. The molecular formula is C14H29N3O. The molecule has 1 atom stereocenters. The van der Waals surface area contributed by atoms with Gasteiger partial charge in [-0.1, -0.05) is 13.3 Å². The van der Waals surface area contributed by atoms with Gasteiger partial charge in [0.2, 0.25) is 5.91 Å². The van der Waals surface area contributed by atoms with Gasteiger partial charge in [0.25, 0.3) is 0 Å². The van der Waals surface area contributed by atoms with Gasteiger partial charge in [-0.3, -0.25) is 4.79 Å². The highest BCUT2D eigenvalue weighted by atomic mass is 16.1. The van der Waals surface area contributed by atoms with Gasteiger partial charge >= 0.3 is 0 Å². The van der Waals surface area contributed by atoms with Gasteiger partial charge in [0.15, 0.2) is 0 Å². The summed E-state index contributed by atoms with van der Waals surface area (Å²) in [5.74, 6) is 0.166. The minimum absolute atomic E-state index is 0.117. The summed E-state index contributed by atoms with van der Waals surface area (Å²) in [6, 6.07) is 0.495. The van der Waals surface area contributed by atoms with E-state index < -0.39 is 0 Å². The lowest BCUT2D eigenvalue weighted by Crippen LogP contribution is -2.45. The highest BCUT2D eigenvalue weighted by Gasteiger charge is 2.19. The summed E-state index contributed by atoms with van der Waals surface area (Å²) in [5, 5.41) is 3.13. The molecule has 1 amide bonds. The molecule has 1 aliphatic rings. The van der Waals surface area contributed by atoms with Crippen LogP contribution in [0.5, 0.6) is 0 Å². The zero-order valence-electron chi connectivity index (χ0n) is 12.0. The quantitative estimate of drug-likeness (QED) is 0.725. The predicted molar refractivity (Wildman–Crippen MR) is 75.4 cm³/mol. The molecule has 0 aromatic heterocycles. The molecule has 1 unspecified atom stereocenters. The number of rotatable bonds is 7. The van der Waals surface area contributed by atoms with Crippen LogP contribution in [-0.2, 0) is 4.79 Å². The number of nitrogens with zero attached hydrogens (tertiary/aromatic N) is 1. The van der Waals surface area contributed by atoms with Crippen LogP contribution < -0.4 is 11.1 Å². The second-order valence-electron chi connectivity index (χ2n) is 5.55. The molecule has 1 saturated heterocycles. The summed E-state index contributed by atoms with van der Waals surface area (Å²) in [7, 11) is 0. The first-order valence-corrected chi connectivity index (χ1v) is 7.39. The third-order valence-electron chi connectivity index (χ3n) is 3.61. The number of unbranched alkanes of at least 4 members (excludes halogenated alkanes) is 1. The zero-order chi connectivity index (χ0) is 13.4. The van der Waals surface area contributed by atoms with Crippen molar-refractivity contribution < 1.29 is 4.79 Å². The minimum atomic E-state index is 0.117. The fraction of sp³-hybridized carbons (Fsp3) is 0.929. The number of carbonyl (C=O) groups is 1. The molecule has 4 heteroatoms. The lowest BCUT2D eigenvalue weighted by molar-refractivity contribution is -0.122. The fourth-order valence-electron chi connectivity index (χ4n) is 2.34.